The minimum atomic E-state index is -0.976. The van der Waals surface area contributed by atoms with Gasteiger partial charge in [0, 0.05) is 23.8 Å². The third-order valence-electron chi connectivity index (χ3n) is 5.16. The topological polar surface area (TPSA) is 114 Å². The molecule has 138 valence electrons. The van der Waals surface area contributed by atoms with Crippen LogP contribution in [0.15, 0.2) is 23.9 Å². The van der Waals surface area contributed by atoms with Gasteiger partial charge in [0.1, 0.15) is 6.04 Å². The molecule has 0 saturated carbocycles. The molecule has 3 rings (SSSR count). The normalized spacial score (nSPS) is 25.1. The molecule has 0 bridgehead atoms. The fourth-order valence-electron chi connectivity index (χ4n) is 3.89. The number of carbonyl (C=O) groups excluding carboxylic acids is 2. The number of nitrogens with zero attached hydrogens (tertiary/aromatic N) is 2. The summed E-state index contributed by atoms with van der Waals surface area (Å²) in [6.07, 6.45) is 4.81. The number of aliphatic carboxylic acids is 1. The Kier molecular flexibility index (Phi) is 4.66. The Hall–Kier alpha value is -2.54. The van der Waals surface area contributed by atoms with Gasteiger partial charge in [0.15, 0.2) is 5.78 Å². The SMILES string of the molecule is CC1(C)CC2/C(=C\c3cc(C(=O)CCCN)ccn3)C(=O)N2[C@H]1C(=O)O. The molecule has 7 nitrogen and oxygen atoms in total. The minimum absolute atomic E-state index is 0.00740. The van der Waals surface area contributed by atoms with Crippen LogP contribution in [0.2, 0.25) is 0 Å². The third-order valence-corrected chi connectivity index (χ3v) is 5.16. The van der Waals surface area contributed by atoms with Gasteiger partial charge in [0.2, 0.25) is 0 Å². The largest absolute Gasteiger partial charge is 0.480 e. The van der Waals surface area contributed by atoms with Crippen LogP contribution in [0.4, 0.5) is 0 Å². The summed E-state index contributed by atoms with van der Waals surface area (Å²) < 4.78 is 0. The highest BCUT2D eigenvalue weighted by molar-refractivity contribution is 6.08. The molecular formula is C19H23N3O4. The number of amides is 1. The molecule has 3 heterocycles. The Labute approximate surface area is 151 Å². The maximum absolute atomic E-state index is 12.5. The molecule has 1 aromatic heterocycles. The number of β-lactam (4-membered cyclic amide) rings is 1. The highest BCUT2D eigenvalue weighted by Crippen LogP contribution is 2.49. The van der Waals surface area contributed by atoms with Crippen molar-refractivity contribution < 1.29 is 19.5 Å². The number of pyridine rings is 1. The van der Waals surface area contributed by atoms with Crippen LogP contribution in [0.5, 0.6) is 0 Å². The van der Waals surface area contributed by atoms with Gasteiger partial charge >= 0.3 is 5.97 Å². The Morgan fingerprint density at radius 2 is 2.19 bits per heavy atom. The minimum Gasteiger partial charge on any atom is -0.480 e. The first-order valence-corrected chi connectivity index (χ1v) is 8.72. The highest BCUT2D eigenvalue weighted by atomic mass is 16.4. The van der Waals surface area contributed by atoms with Crippen LogP contribution in [-0.2, 0) is 9.59 Å². The first-order valence-electron chi connectivity index (χ1n) is 8.72. The number of carboxylic acids is 1. The summed E-state index contributed by atoms with van der Waals surface area (Å²) in [5, 5.41) is 9.46. The van der Waals surface area contributed by atoms with Crippen LogP contribution in [-0.4, -0.2) is 51.3 Å². The zero-order valence-corrected chi connectivity index (χ0v) is 14.9. The van der Waals surface area contributed by atoms with Crippen molar-refractivity contribution in [2.45, 2.75) is 45.2 Å². The number of aromatic nitrogens is 1. The predicted octanol–water partition coefficient (Wildman–Crippen LogP) is 1.48. The van der Waals surface area contributed by atoms with Crippen LogP contribution < -0.4 is 5.73 Å². The van der Waals surface area contributed by atoms with Gasteiger partial charge in [-0.25, -0.2) is 4.79 Å². The first-order chi connectivity index (χ1) is 12.3. The first kappa shape index (κ1) is 18.3. The summed E-state index contributed by atoms with van der Waals surface area (Å²) in [5.41, 5.74) is 6.57. The third kappa shape index (κ3) is 3.03. The van der Waals surface area contributed by atoms with Crippen molar-refractivity contribution in [3.8, 4) is 0 Å². The standard InChI is InChI=1S/C19H23N3O4/c1-19(2)10-14-13(17(24)22(14)16(19)18(25)26)9-12-8-11(5-7-21-12)15(23)4-3-6-20/h5,7-9,14,16H,3-4,6,10,20H2,1-2H3,(H,25,26)/b13-9+/t14?,16-/m0/s1. The van der Waals surface area contributed by atoms with E-state index < -0.39 is 17.4 Å². The van der Waals surface area contributed by atoms with Crippen molar-refractivity contribution in [3.63, 3.8) is 0 Å². The van der Waals surface area contributed by atoms with Gasteiger partial charge in [-0.2, -0.15) is 0 Å². The Bertz CT molecular complexity index is 800. The van der Waals surface area contributed by atoms with E-state index in [-0.39, 0.29) is 17.7 Å². The molecule has 2 aliphatic rings. The van der Waals surface area contributed by atoms with E-state index in [1.807, 2.05) is 13.8 Å². The van der Waals surface area contributed by atoms with Crippen molar-refractivity contribution in [2.75, 3.05) is 6.54 Å². The Morgan fingerprint density at radius 3 is 2.85 bits per heavy atom. The van der Waals surface area contributed by atoms with Gasteiger partial charge < -0.3 is 15.7 Å². The molecule has 2 aliphatic heterocycles. The number of fused-ring (bicyclic) bond motifs is 1. The van der Waals surface area contributed by atoms with E-state index >= 15 is 0 Å². The summed E-state index contributed by atoms with van der Waals surface area (Å²) in [5.74, 6) is -1.25. The number of carboxylic acid groups (broad SMARTS) is 1. The average Bonchev–Trinajstić information content (AvgIpc) is 2.86. The fourth-order valence-corrected chi connectivity index (χ4v) is 3.89. The smallest absolute Gasteiger partial charge is 0.327 e. The van der Waals surface area contributed by atoms with Crippen LogP contribution in [0, 0.1) is 5.41 Å². The van der Waals surface area contributed by atoms with Crippen molar-refractivity contribution in [2.24, 2.45) is 11.1 Å². The number of rotatable bonds is 6. The predicted molar refractivity (Wildman–Crippen MR) is 95.3 cm³/mol. The molecule has 2 atom stereocenters. The number of nitrogens with two attached hydrogens (primary N) is 1. The fraction of sp³-hybridized carbons (Fsp3) is 0.474. The molecule has 7 heteroatoms. The lowest BCUT2D eigenvalue weighted by Crippen LogP contribution is -2.57. The zero-order valence-electron chi connectivity index (χ0n) is 14.9. The van der Waals surface area contributed by atoms with E-state index in [0.717, 1.165) is 0 Å². The van der Waals surface area contributed by atoms with E-state index in [1.54, 1.807) is 24.4 Å². The van der Waals surface area contributed by atoms with E-state index in [0.29, 0.717) is 42.6 Å². The van der Waals surface area contributed by atoms with Crippen LogP contribution in [0.3, 0.4) is 0 Å². The lowest BCUT2D eigenvalue weighted by atomic mass is 9.83. The molecule has 0 aliphatic carbocycles. The van der Waals surface area contributed by atoms with Gasteiger partial charge in [-0.15, -0.1) is 0 Å². The van der Waals surface area contributed by atoms with Gasteiger partial charge in [-0.3, -0.25) is 14.6 Å². The van der Waals surface area contributed by atoms with E-state index in [4.69, 9.17) is 5.73 Å². The van der Waals surface area contributed by atoms with Gasteiger partial charge in [0.25, 0.3) is 5.91 Å². The van der Waals surface area contributed by atoms with Gasteiger partial charge in [-0.05, 0) is 43.0 Å². The van der Waals surface area contributed by atoms with Crippen LogP contribution in [0.1, 0.15) is 49.2 Å². The van der Waals surface area contributed by atoms with Crippen molar-refractivity contribution in [1.29, 1.82) is 0 Å². The summed E-state index contributed by atoms with van der Waals surface area (Å²) >= 11 is 0. The van der Waals surface area contributed by atoms with Crippen molar-refractivity contribution >= 4 is 23.7 Å². The van der Waals surface area contributed by atoms with E-state index in [1.165, 1.54) is 4.90 Å². The second-order valence-corrected chi connectivity index (χ2v) is 7.55. The number of hydrogen-bond acceptors (Lipinski definition) is 5. The highest BCUT2D eigenvalue weighted by Gasteiger charge is 2.60. The molecule has 2 saturated heterocycles. The number of hydrogen-bond donors (Lipinski definition) is 2. The molecular weight excluding hydrogens is 334 g/mol. The quantitative estimate of drug-likeness (QED) is 0.453. The summed E-state index contributed by atoms with van der Waals surface area (Å²) in [4.78, 5) is 41.8. The summed E-state index contributed by atoms with van der Waals surface area (Å²) in [6.45, 7) is 4.19. The number of Topliss-reactive ketones (excluding diaryl/α,β-unsaturated/α-hetero) is 1. The summed E-state index contributed by atoms with van der Waals surface area (Å²) in [6, 6.07) is 2.29. The summed E-state index contributed by atoms with van der Waals surface area (Å²) in [7, 11) is 0. The Balaban J connectivity index is 1.83. The monoisotopic (exact) mass is 357 g/mol. The maximum Gasteiger partial charge on any atom is 0.327 e. The van der Waals surface area contributed by atoms with Gasteiger partial charge in [-0.1, -0.05) is 13.8 Å². The van der Waals surface area contributed by atoms with Crippen LogP contribution in [0.25, 0.3) is 6.08 Å². The molecule has 1 aromatic rings. The average molecular weight is 357 g/mol. The van der Waals surface area contributed by atoms with Gasteiger partial charge in [0.05, 0.1) is 11.7 Å². The maximum atomic E-state index is 12.5. The molecule has 0 radical (unpaired) electrons. The molecule has 0 spiro atoms. The lowest BCUT2D eigenvalue weighted by molar-refractivity contribution is -0.154. The van der Waals surface area contributed by atoms with Crippen LogP contribution >= 0.6 is 0 Å². The van der Waals surface area contributed by atoms with E-state index in [9.17, 15) is 19.5 Å². The zero-order chi connectivity index (χ0) is 19.1. The number of ketones is 1. The van der Waals surface area contributed by atoms with Crippen molar-refractivity contribution in [1.82, 2.24) is 9.88 Å². The number of carbonyl (C=O) groups is 3. The van der Waals surface area contributed by atoms with Crippen molar-refractivity contribution in [3.05, 3.63) is 35.2 Å². The second kappa shape index (κ2) is 6.64. The molecule has 0 aromatic carbocycles. The molecule has 1 amide bonds. The molecule has 26 heavy (non-hydrogen) atoms. The molecule has 3 N–H and O–H groups in total. The molecule has 1 unspecified atom stereocenters. The van der Waals surface area contributed by atoms with E-state index in [2.05, 4.69) is 4.98 Å². The second-order valence-electron chi connectivity index (χ2n) is 7.55. The molecule has 2 fully saturated rings. The lowest BCUT2D eigenvalue weighted by Gasteiger charge is -2.40. The Morgan fingerprint density at radius 1 is 1.46 bits per heavy atom.